The second-order valence-corrected chi connectivity index (χ2v) is 6.62. The molecule has 112 valence electrons. The van der Waals surface area contributed by atoms with E-state index in [4.69, 9.17) is 5.84 Å². The van der Waals surface area contributed by atoms with Gasteiger partial charge in [-0.1, -0.05) is 6.07 Å². The van der Waals surface area contributed by atoms with Crippen molar-refractivity contribution in [2.24, 2.45) is 5.84 Å². The Morgan fingerprint density at radius 2 is 1.81 bits per heavy atom. The first-order valence-electron chi connectivity index (χ1n) is 6.80. The maximum Gasteiger partial charge on any atom is 0.275 e. The van der Waals surface area contributed by atoms with Crippen molar-refractivity contribution in [2.75, 3.05) is 11.9 Å². The number of carbonyl (C=O) groups excluding carboxylic acids is 1. The van der Waals surface area contributed by atoms with Crippen molar-refractivity contribution in [1.82, 2.24) is 5.43 Å². The minimum atomic E-state index is -0.233. The molecule has 21 heavy (non-hydrogen) atoms. The summed E-state index contributed by atoms with van der Waals surface area (Å²) in [6.45, 7) is 7.00. The number of hydrogen-bond acceptors (Lipinski definition) is 4. The van der Waals surface area contributed by atoms with Gasteiger partial charge in [0.05, 0.1) is 4.88 Å². The van der Waals surface area contributed by atoms with Gasteiger partial charge in [0.1, 0.15) is 0 Å². The lowest BCUT2D eigenvalue weighted by atomic mass is 10.1. The smallest absolute Gasteiger partial charge is 0.275 e. The molecule has 1 aromatic carbocycles. The molecule has 0 atom stereocenters. The van der Waals surface area contributed by atoms with Gasteiger partial charge in [0.25, 0.3) is 5.91 Å². The molecular weight excluding hydrogens is 282 g/mol. The summed E-state index contributed by atoms with van der Waals surface area (Å²) in [7, 11) is 2.06. The summed E-state index contributed by atoms with van der Waals surface area (Å²) in [4.78, 5) is 15.6. The number of nitrogens with zero attached hydrogens (tertiary/aromatic N) is 1. The van der Waals surface area contributed by atoms with Crippen LogP contribution in [0.5, 0.6) is 0 Å². The highest BCUT2D eigenvalue weighted by Gasteiger charge is 2.13. The number of hydrazine groups is 1. The molecule has 0 spiro atoms. The van der Waals surface area contributed by atoms with Crippen LogP contribution >= 0.6 is 11.3 Å². The molecule has 0 fully saturated rings. The predicted octanol–water partition coefficient (Wildman–Crippen LogP) is 2.91. The van der Waals surface area contributed by atoms with Gasteiger partial charge in [-0.2, -0.15) is 0 Å². The minimum absolute atomic E-state index is 0.233. The molecule has 4 nitrogen and oxygen atoms in total. The van der Waals surface area contributed by atoms with Gasteiger partial charge in [0, 0.05) is 24.2 Å². The number of carbonyl (C=O) groups is 1. The first-order chi connectivity index (χ1) is 9.90. The molecule has 2 rings (SSSR count). The summed E-state index contributed by atoms with van der Waals surface area (Å²) >= 11 is 1.47. The number of benzene rings is 1. The molecule has 0 saturated carbocycles. The van der Waals surface area contributed by atoms with Crippen LogP contribution in [0.4, 0.5) is 5.69 Å². The van der Waals surface area contributed by atoms with Crippen molar-refractivity contribution in [3.8, 4) is 0 Å². The van der Waals surface area contributed by atoms with Crippen molar-refractivity contribution >= 4 is 22.9 Å². The summed E-state index contributed by atoms with van der Waals surface area (Å²) < 4.78 is 0. The van der Waals surface area contributed by atoms with Gasteiger partial charge < -0.3 is 4.90 Å². The Bertz CT molecular complexity index is 643. The Morgan fingerprint density at radius 3 is 2.38 bits per heavy atom. The minimum Gasteiger partial charge on any atom is -0.370 e. The fourth-order valence-corrected chi connectivity index (χ4v) is 3.31. The zero-order valence-corrected chi connectivity index (χ0v) is 13.7. The highest BCUT2D eigenvalue weighted by atomic mass is 32.1. The highest BCUT2D eigenvalue weighted by molar-refractivity contribution is 7.14. The van der Waals surface area contributed by atoms with Crippen molar-refractivity contribution < 1.29 is 4.79 Å². The molecule has 3 N–H and O–H groups in total. The van der Waals surface area contributed by atoms with Crippen molar-refractivity contribution in [1.29, 1.82) is 0 Å². The second-order valence-electron chi connectivity index (χ2n) is 5.37. The standard InChI is InChI=1S/C16H21N3OS/c1-10-5-11(2)7-14(6-10)19(4)9-13-8-15(16(20)18-17)21-12(13)3/h5-8H,9,17H2,1-4H3,(H,18,20). The van der Waals surface area contributed by atoms with E-state index >= 15 is 0 Å². The zero-order valence-electron chi connectivity index (χ0n) is 12.9. The average Bonchev–Trinajstić information content (AvgIpc) is 2.78. The SMILES string of the molecule is Cc1cc(C)cc(N(C)Cc2cc(C(=O)NN)sc2C)c1. The summed E-state index contributed by atoms with van der Waals surface area (Å²) in [5, 5.41) is 0. The maximum atomic E-state index is 11.6. The molecule has 1 heterocycles. The average molecular weight is 303 g/mol. The van der Waals surface area contributed by atoms with Crippen molar-refractivity contribution in [2.45, 2.75) is 27.3 Å². The van der Waals surface area contributed by atoms with Crippen molar-refractivity contribution in [3.63, 3.8) is 0 Å². The third-order valence-electron chi connectivity index (χ3n) is 3.43. The van der Waals surface area contributed by atoms with E-state index in [1.165, 1.54) is 28.2 Å². The third-order valence-corrected chi connectivity index (χ3v) is 4.52. The summed E-state index contributed by atoms with van der Waals surface area (Å²) in [5.41, 5.74) is 7.02. The van der Waals surface area contributed by atoms with Crippen LogP contribution in [0.15, 0.2) is 24.3 Å². The van der Waals surface area contributed by atoms with Crippen LogP contribution in [0.25, 0.3) is 0 Å². The number of nitrogen functional groups attached to an aromatic ring is 1. The van der Waals surface area contributed by atoms with Gasteiger partial charge in [-0.05, 0) is 55.7 Å². The number of nitrogens with one attached hydrogen (secondary N) is 1. The molecule has 0 saturated heterocycles. The number of hydrogen-bond donors (Lipinski definition) is 2. The van der Waals surface area contributed by atoms with Gasteiger partial charge >= 0.3 is 0 Å². The Morgan fingerprint density at radius 1 is 1.19 bits per heavy atom. The molecule has 0 unspecified atom stereocenters. The fraction of sp³-hybridized carbons (Fsp3) is 0.312. The van der Waals surface area contributed by atoms with E-state index in [0.29, 0.717) is 4.88 Å². The Balaban J connectivity index is 2.21. The van der Waals surface area contributed by atoms with E-state index in [2.05, 4.69) is 49.4 Å². The van der Waals surface area contributed by atoms with Gasteiger partial charge in [0.2, 0.25) is 0 Å². The predicted molar refractivity (Wildman–Crippen MR) is 88.7 cm³/mol. The number of aryl methyl sites for hydroxylation is 3. The van der Waals surface area contributed by atoms with E-state index in [1.54, 1.807) is 0 Å². The van der Waals surface area contributed by atoms with Crippen LogP contribution in [0.3, 0.4) is 0 Å². The second kappa shape index (κ2) is 6.28. The van der Waals surface area contributed by atoms with E-state index < -0.39 is 0 Å². The summed E-state index contributed by atoms with van der Waals surface area (Å²) in [6, 6.07) is 8.42. The quantitative estimate of drug-likeness (QED) is 0.519. The van der Waals surface area contributed by atoms with E-state index in [-0.39, 0.29) is 5.91 Å². The normalized spacial score (nSPS) is 10.5. The fourth-order valence-electron chi connectivity index (χ4n) is 2.38. The molecule has 5 heteroatoms. The number of amides is 1. The molecule has 0 aliphatic carbocycles. The first kappa shape index (κ1) is 15.5. The van der Waals surface area contributed by atoms with Gasteiger partial charge in [-0.15, -0.1) is 11.3 Å². The lowest BCUT2D eigenvalue weighted by molar-refractivity contribution is 0.0957. The lowest BCUT2D eigenvalue weighted by Gasteiger charge is -2.20. The highest BCUT2D eigenvalue weighted by Crippen LogP contribution is 2.25. The molecule has 1 aromatic heterocycles. The van der Waals surface area contributed by atoms with Crippen molar-refractivity contribution in [3.05, 3.63) is 50.7 Å². The molecule has 2 aromatic rings. The van der Waals surface area contributed by atoms with E-state index in [9.17, 15) is 4.79 Å². The van der Waals surface area contributed by atoms with Crippen LogP contribution in [-0.4, -0.2) is 13.0 Å². The Labute approximate surface area is 129 Å². The van der Waals surface area contributed by atoms with Crippen LogP contribution in [0.1, 0.15) is 31.2 Å². The molecule has 0 bridgehead atoms. The maximum absolute atomic E-state index is 11.6. The van der Waals surface area contributed by atoms with Gasteiger partial charge in [-0.25, -0.2) is 5.84 Å². The van der Waals surface area contributed by atoms with Crippen LogP contribution in [-0.2, 0) is 6.54 Å². The molecular formula is C16H21N3OS. The summed E-state index contributed by atoms with van der Waals surface area (Å²) in [6.07, 6.45) is 0. The monoisotopic (exact) mass is 303 g/mol. The first-order valence-corrected chi connectivity index (χ1v) is 7.62. The lowest BCUT2D eigenvalue weighted by Crippen LogP contribution is -2.29. The molecule has 0 radical (unpaired) electrons. The molecule has 0 aliphatic heterocycles. The topological polar surface area (TPSA) is 58.4 Å². The number of thiophene rings is 1. The largest absolute Gasteiger partial charge is 0.370 e. The van der Waals surface area contributed by atoms with Crippen LogP contribution in [0.2, 0.25) is 0 Å². The van der Waals surface area contributed by atoms with E-state index in [0.717, 1.165) is 17.0 Å². The van der Waals surface area contributed by atoms with Gasteiger partial charge in [0.15, 0.2) is 0 Å². The third kappa shape index (κ3) is 3.62. The number of anilines is 1. The van der Waals surface area contributed by atoms with Crippen LogP contribution in [0, 0.1) is 20.8 Å². The van der Waals surface area contributed by atoms with Gasteiger partial charge in [-0.3, -0.25) is 10.2 Å². The number of rotatable bonds is 4. The zero-order chi connectivity index (χ0) is 15.6. The Hall–Kier alpha value is -1.85. The van der Waals surface area contributed by atoms with E-state index in [1.807, 2.05) is 13.0 Å². The number of nitrogens with two attached hydrogens (primary N) is 1. The molecule has 1 amide bonds. The molecule has 0 aliphatic rings. The van der Waals surface area contributed by atoms with Crippen LogP contribution < -0.4 is 16.2 Å². The Kier molecular flexibility index (Phi) is 4.65. The summed E-state index contributed by atoms with van der Waals surface area (Å²) in [5.74, 6) is 4.95.